The number of benzene rings is 1. The largest absolute Gasteiger partial charge is 0.482 e. The minimum Gasteiger partial charge on any atom is -0.482 e. The summed E-state index contributed by atoms with van der Waals surface area (Å²) in [5.41, 5.74) is 3.06. The molecule has 6 nitrogen and oxygen atoms in total. The predicted octanol–water partition coefficient (Wildman–Crippen LogP) is 2.68. The van der Waals surface area contributed by atoms with Gasteiger partial charge in [-0.3, -0.25) is 9.88 Å². The number of hydrogen-bond acceptors (Lipinski definition) is 5. The number of aliphatic carboxylic acids is 1. The first-order chi connectivity index (χ1) is 12.7. The van der Waals surface area contributed by atoms with Gasteiger partial charge in [0.15, 0.2) is 6.61 Å². The zero-order valence-electron chi connectivity index (χ0n) is 14.9. The highest BCUT2D eigenvalue weighted by atomic mass is 16.5. The SMILES string of the molecule is COCC1CCN(Cc2cc(-c3cccnc3)ccc2OCC(=O)O)C1. The number of carboxylic acids is 1. The summed E-state index contributed by atoms with van der Waals surface area (Å²) in [6.45, 7) is 3.14. The van der Waals surface area contributed by atoms with Gasteiger partial charge in [0, 0.05) is 43.7 Å². The molecular formula is C20H24N2O4. The summed E-state index contributed by atoms with van der Waals surface area (Å²) in [5, 5.41) is 8.92. The third-order valence-electron chi connectivity index (χ3n) is 4.57. The van der Waals surface area contributed by atoms with E-state index in [0.29, 0.717) is 11.7 Å². The maximum Gasteiger partial charge on any atom is 0.341 e. The Morgan fingerprint density at radius 2 is 2.23 bits per heavy atom. The lowest BCUT2D eigenvalue weighted by Crippen LogP contribution is -2.22. The maximum absolute atomic E-state index is 10.9. The van der Waals surface area contributed by atoms with E-state index >= 15 is 0 Å². The molecule has 1 N–H and O–H groups in total. The molecule has 0 amide bonds. The molecule has 26 heavy (non-hydrogen) atoms. The molecule has 1 aliphatic rings. The first-order valence-corrected chi connectivity index (χ1v) is 8.75. The molecule has 3 rings (SSSR count). The average molecular weight is 356 g/mol. The number of aromatic nitrogens is 1. The van der Waals surface area contributed by atoms with Gasteiger partial charge in [-0.05, 0) is 42.6 Å². The molecule has 0 spiro atoms. The molecule has 1 aromatic heterocycles. The van der Waals surface area contributed by atoms with Crippen molar-refractivity contribution in [2.75, 3.05) is 33.4 Å². The van der Waals surface area contributed by atoms with Crippen LogP contribution in [0.4, 0.5) is 0 Å². The molecule has 0 aliphatic carbocycles. The Bertz CT molecular complexity index is 736. The fourth-order valence-corrected chi connectivity index (χ4v) is 3.37. The van der Waals surface area contributed by atoms with Gasteiger partial charge in [-0.1, -0.05) is 12.1 Å². The second-order valence-electron chi connectivity index (χ2n) is 6.59. The number of carboxylic acid groups (broad SMARTS) is 1. The van der Waals surface area contributed by atoms with E-state index in [2.05, 4.69) is 16.0 Å². The van der Waals surface area contributed by atoms with Crippen molar-refractivity contribution in [2.24, 2.45) is 5.92 Å². The van der Waals surface area contributed by atoms with E-state index in [1.807, 2.05) is 30.5 Å². The number of nitrogens with zero attached hydrogens (tertiary/aromatic N) is 2. The third-order valence-corrected chi connectivity index (χ3v) is 4.57. The molecule has 2 heterocycles. The molecule has 1 aromatic carbocycles. The zero-order chi connectivity index (χ0) is 18.4. The molecule has 2 aromatic rings. The molecule has 1 aliphatic heterocycles. The molecule has 6 heteroatoms. The van der Waals surface area contributed by atoms with Gasteiger partial charge < -0.3 is 14.6 Å². The fourth-order valence-electron chi connectivity index (χ4n) is 3.37. The van der Waals surface area contributed by atoms with Crippen LogP contribution in [0.5, 0.6) is 5.75 Å². The molecule has 1 unspecified atom stereocenters. The summed E-state index contributed by atoms with van der Waals surface area (Å²) in [6, 6.07) is 9.77. The van der Waals surface area contributed by atoms with Crippen LogP contribution in [-0.4, -0.2) is 54.4 Å². The summed E-state index contributed by atoms with van der Waals surface area (Å²) in [5.74, 6) is 0.189. The van der Waals surface area contributed by atoms with Crippen LogP contribution in [0.1, 0.15) is 12.0 Å². The summed E-state index contributed by atoms with van der Waals surface area (Å²) in [4.78, 5) is 17.4. The Balaban J connectivity index is 1.80. The lowest BCUT2D eigenvalue weighted by molar-refractivity contribution is -0.139. The lowest BCUT2D eigenvalue weighted by Gasteiger charge is -2.19. The van der Waals surface area contributed by atoms with E-state index in [1.165, 1.54) is 0 Å². The van der Waals surface area contributed by atoms with Crippen molar-refractivity contribution in [3.8, 4) is 16.9 Å². The van der Waals surface area contributed by atoms with Crippen molar-refractivity contribution in [1.82, 2.24) is 9.88 Å². The maximum atomic E-state index is 10.9. The van der Waals surface area contributed by atoms with Crippen LogP contribution in [0, 0.1) is 5.92 Å². The second kappa shape index (κ2) is 8.78. The molecule has 138 valence electrons. The highest BCUT2D eigenvalue weighted by molar-refractivity contribution is 5.69. The van der Waals surface area contributed by atoms with Gasteiger partial charge in [0.2, 0.25) is 0 Å². The van der Waals surface area contributed by atoms with Crippen LogP contribution in [0.2, 0.25) is 0 Å². The molecule has 1 atom stereocenters. The molecule has 0 radical (unpaired) electrons. The minimum absolute atomic E-state index is 0.342. The number of ether oxygens (including phenoxy) is 2. The van der Waals surface area contributed by atoms with Crippen LogP contribution < -0.4 is 4.74 Å². The second-order valence-corrected chi connectivity index (χ2v) is 6.59. The van der Waals surface area contributed by atoms with Crippen molar-refractivity contribution in [3.05, 3.63) is 48.3 Å². The van der Waals surface area contributed by atoms with Crippen molar-refractivity contribution >= 4 is 5.97 Å². The lowest BCUT2D eigenvalue weighted by atomic mass is 10.0. The van der Waals surface area contributed by atoms with Gasteiger partial charge in [-0.2, -0.15) is 0 Å². The average Bonchev–Trinajstić information content (AvgIpc) is 3.08. The zero-order valence-corrected chi connectivity index (χ0v) is 14.9. The first-order valence-electron chi connectivity index (χ1n) is 8.75. The highest BCUT2D eigenvalue weighted by Crippen LogP contribution is 2.29. The van der Waals surface area contributed by atoms with Crippen molar-refractivity contribution in [3.63, 3.8) is 0 Å². The van der Waals surface area contributed by atoms with E-state index in [1.54, 1.807) is 13.3 Å². The van der Waals surface area contributed by atoms with Crippen LogP contribution in [0.3, 0.4) is 0 Å². The number of carbonyl (C=O) groups is 1. The first kappa shape index (κ1) is 18.4. The number of hydrogen-bond donors (Lipinski definition) is 1. The quantitative estimate of drug-likeness (QED) is 0.784. The number of rotatable bonds is 8. The van der Waals surface area contributed by atoms with Crippen LogP contribution >= 0.6 is 0 Å². The van der Waals surface area contributed by atoms with Crippen LogP contribution in [-0.2, 0) is 16.1 Å². The summed E-state index contributed by atoms with van der Waals surface area (Å²) < 4.78 is 10.8. The Morgan fingerprint density at radius 3 is 2.96 bits per heavy atom. The number of likely N-dealkylation sites (tertiary alicyclic amines) is 1. The smallest absolute Gasteiger partial charge is 0.341 e. The summed E-state index contributed by atoms with van der Waals surface area (Å²) in [7, 11) is 1.73. The topological polar surface area (TPSA) is 71.9 Å². The molecular weight excluding hydrogens is 332 g/mol. The summed E-state index contributed by atoms with van der Waals surface area (Å²) in [6.07, 6.45) is 4.68. The van der Waals surface area contributed by atoms with Crippen molar-refractivity contribution in [2.45, 2.75) is 13.0 Å². The fraction of sp³-hybridized carbons (Fsp3) is 0.400. The molecule has 1 fully saturated rings. The van der Waals surface area contributed by atoms with Gasteiger partial charge in [-0.15, -0.1) is 0 Å². The van der Waals surface area contributed by atoms with E-state index in [-0.39, 0.29) is 6.61 Å². The monoisotopic (exact) mass is 356 g/mol. The minimum atomic E-state index is -0.978. The van der Waals surface area contributed by atoms with Crippen LogP contribution in [0.15, 0.2) is 42.7 Å². The Hall–Kier alpha value is -2.44. The van der Waals surface area contributed by atoms with Crippen molar-refractivity contribution in [1.29, 1.82) is 0 Å². The van der Waals surface area contributed by atoms with Gasteiger partial charge in [-0.25, -0.2) is 4.79 Å². The Morgan fingerprint density at radius 1 is 1.35 bits per heavy atom. The molecule has 0 bridgehead atoms. The molecule has 1 saturated heterocycles. The van der Waals surface area contributed by atoms with Gasteiger partial charge in [0.25, 0.3) is 0 Å². The van der Waals surface area contributed by atoms with Crippen LogP contribution in [0.25, 0.3) is 11.1 Å². The van der Waals surface area contributed by atoms with Gasteiger partial charge in [0.1, 0.15) is 5.75 Å². The summed E-state index contributed by atoms with van der Waals surface area (Å²) >= 11 is 0. The van der Waals surface area contributed by atoms with E-state index in [4.69, 9.17) is 14.6 Å². The normalized spacial score (nSPS) is 17.3. The Kier molecular flexibility index (Phi) is 6.20. The van der Waals surface area contributed by atoms with Crippen molar-refractivity contribution < 1.29 is 19.4 Å². The van der Waals surface area contributed by atoms with E-state index in [9.17, 15) is 4.79 Å². The predicted molar refractivity (Wildman–Crippen MR) is 98.1 cm³/mol. The van der Waals surface area contributed by atoms with Gasteiger partial charge >= 0.3 is 5.97 Å². The van der Waals surface area contributed by atoms with Gasteiger partial charge in [0.05, 0.1) is 6.61 Å². The van der Waals surface area contributed by atoms with E-state index in [0.717, 1.165) is 49.4 Å². The molecule has 0 saturated carbocycles. The highest BCUT2D eigenvalue weighted by Gasteiger charge is 2.23. The number of methoxy groups -OCH3 is 1. The van der Waals surface area contributed by atoms with E-state index < -0.39 is 5.97 Å². The standard InChI is InChI=1S/C20H24N2O4/c1-25-13-15-6-8-22(11-15)12-18-9-16(17-3-2-7-21-10-17)4-5-19(18)26-14-20(23)24/h2-5,7,9-10,15H,6,8,11-14H2,1H3,(H,23,24). The number of pyridine rings is 1. The Labute approximate surface area is 153 Å². The third kappa shape index (κ3) is 4.80.